The standard InChI is InChI=1S/C22H24O5.2C2H6/c1-5-7-13-11-16(24)26-21-17(13)20-14(8-9-22(4,6-2)27-20)19-18(21)15(23)10-12(3)25-19;2*1-2/h8-9,11-12H,5-7,10H2,1-4H3;2*1-2H3/t12-,22?;;/m1../s1. The topological polar surface area (TPSA) is 65.7 Å². The molecule has 0 saturated heterocycles. The van der Waals surface area contributed by atoms with Gasteiger partial charge in [0.15, 0.2) is 11.4 Å². The molecule has 3 heterocycles. The molecule has 2 aliphatic rings. The second-order valence-corrected chi connectivity index (χ2v) is 7.65. The highest BCUT2D eigenvalue weighted by Crippen LogP contribution is 2.49. The second kappa shape index (κ2) is 10.2. The van der Waals surface area contributed by atoms with Gasteiger partial charge in [0, 0.05) is 12.5 Å². The lowest BCUT2D eigenvalue weighted by molar-refractivity contribution is 0.0868. The molecule has 5 nitrogen and oxygen atoms in total. The normalized spacial score (nSPS) is 20.9. The molecule has 2 aliphatic heterocycles. The fraction of sp³-hybridized carbons (Fsp3) is 0.538. The predicted molar refractivity (Wildman–Crippen MR) is 127 cm³/mol. The van der Waals surface area contributed by atoms with Crippen LogP contribution in [0.1, 0.15) is 96.1 Å². The van der Waals surface area contributed by atoms with Gasteiger partial charge in [-0.15, -0.1) is 0 Å². The number of ketones is 1. The van der Waals surface area contributed by atoms with Crippen molar-refractivity contribution in [2.24, 2.45) is 0 Å². The molecule has 31 heavy (non-hydrogen) atoms. The molecule has 0 spiro atoms. The first-order valence-electron chi connectivity index (χ1n) is 11.6. The molecule has 1 aromatic heterocycles. The number of ether oxygens (including phenoxy) is 2. The number of rotatable bonds is 3. The number of carbonyl (C=O) groups is 1. The van der Waals surface area contributed by atoms with Crippen molar-refractivity contribution >= 4 is 22.8 Å². The van der Waals surface area contributed by atoms with Crippen molar-refractivity contribution in [1.29, 1.82) is 0 Å². The van der Waals surface area contributed by atoms with Crippen LogP contribution in [0.4, 0.5) is 0 Å². The minimum Gasteiger partial charge on any atom is -0.489 e. The zero-order chi connectivity index (χ0) is 23.3. The molecule has 0 radical (unpaired) electrons. The van der Waals surface area contributed by atoms with Crippen molar-refractivity contribution in [3.05, 3.63) is 39.3 Å². The number of aryl methyl sites for hydroxylation is 1. The lowest BCUT2D eigenvalue weighted by Gasteiger charge is -2.34. The SMILES string of the molecule is CC.CC.CCCc1cc(=O)oc2c3c(c4c(c12)OC(C)(CC)C=C4)O[C@H](C)CC3=O. The van der Waals surface area contributed by atoms with Crippen LogP contribution in [0.5, 0.6) is 11.5 Å². The van der Waals surface area contributed by atoms with Crippen LogP contribution in [-0.2, 0) is 6.42 Å². The Morgan fingerprint density at radius 2 is 1.77 bits per heavy atom. The van der Waals surface area contributed by atoms with E-state index < -0.39 is 11.2 Å². The zero-order valence-corrected chi connectivity index (χ0v) is 20.2. The van der Waals surface area contributed by atoms with E-state index in [1.165, 1.54) is 6.07 Å². The van der Waals surface area contributed by atoms with E-state index in [1.54, 1.807) is 0 Å². The second-order valence-electron chi connectivity index (χ2n) is 7.65. The number of fused-ring (bicyclic) bond motifs is 6. The minimum absolute atomic E-state index is 0.0643. The zero-order valence-electron chi connectivity index (χ0n) is 20.2. The summed E-state index contributed by atoms with van der Waals surface area (Å²) >= 11 is 0. The third-order valence-electron chi connectivity index (χ3n) is 5.44. The van der Waals surface area contributed by atoms with E-state index in [9.17, 15) is 9.59 Å². The van der Waals surface area contributed by atoms with Crippen LogP contribution < -0.4 is 15.1 Å². The van der Waals surface area contributed by atoms with E-state index in [-0.39, 0.29) is 18.3 Å². The molecule has 1 unspecified atom stereocenters. The minimum atomic E-state index is -0.460. The van der Waals surface area contributed by atoms with Gasteiger partial charge in [0.2, 0.25) is 0 Å². The number of Topliss-reactive ketones (excluding diaryl/α,β-unsaturated/α-hetero) is 1. The van der Waals surface area contributed by atoms with Crippen LogP contribution in [-0.4, -0.2) is 17.5 Å². The van der Waals surface area contributed by atoms with Gasteiger partial charge in [0.05, 0.1) is 10.9 Å². The van der Waals surface area contributed by atoms with Gasteiger partial charge in [-0.1, -0.05) is 48.0 Å². The number of hydrogen-bond acceptors (Lipinski definition) is 5. The van der Waals surface area contributed by atoms with Gasteiger partial charge in [-0.3, -0.25) is 4.79 Å². The molecule has 0 amide bonds. The number of benzene rings is 1. The summed E-state index contributed by atoms with van der Waals surface area (Å²) in [4.78, 5) is 25.1. The highest BCUT2D eigenvalue weighted by atomic mass is 16.5. The Morgan fingerprint density at radius 1 is 1.10 bits per heavy atom. The molecule has 2 aromatic rings. The van der Waals surface area contributed by atoms with Crippen molar-refractivity contribution in [1.82, 2.24) is 0 Å². The number of carbonyl (C=O) groups excluding carboxylic acids is 1. The fourth-order valence-electron chi connectivity index (χ4n) is 3.86. The molecule has 4 rings (SSSR count). The third-order valence-corrected chi connectivity index (χ3v) is 5.44. The summed E-state index contributed by atoms with van der Waals surface area (Å²) in [5.41, 5.74) is 1.36. The summed E-state index contributed by atoms with van der Waals surface area (Å²) in [5.74, 6) is 1.04. The number of hydrogen-bond donors (Lipinski definition) is 0. The Morgan fingerprint density at radius 3 is 2.39 bits per heavy atom. The van der Waals surface area contributed by atoms with Crippen LogP contribution >= 0.6 is 0 Å². The van der Waals surface area contributed by atoms with E-state index in [0.717, 1.165) is 29.4 Å². The Hall–Kier alpha value is -2.56. The molecule has 2 atom stereocenters. The maximum Gasteiger partial charge on any atom is 0.336 e. The average molecular weight is 429 g/mol. The first kappa shape index (κ1) is 24.7. The smallest absolute Gasteiger partial charge is 0.336 e. The Balaban J connectivity index is 0.000000807. The first-order valence-corrected chi connectivity index (χ1v) is 11.6. The molecule has 0 fully saturated rings. The summed E-state index contributed by atoms with van der Waals surface area (Å²) in [7, 11) is 0. The van der Waals surface area contributed by atoms with Gasteiger partial charge in [-0.25, -0.2) is 4.79 Å². The van der Waals surface area contributed by atoms with Crippen LogP contribution in [0.25, 0.3) is 17.0 Å². The van der Waals surface area contributed by atoms with Crippen molar-refractivity contribution in [3.63, 3.8) is 0 Å². The van der Waals surface area contributed by atoms with Gasteiger partial charge in [-0.2, -0.15) is 0 Å². The lowest BCUT2D eigenvalue weighted by atomic mass is 9.89. The quantitative estimate of drug-likeness (QED) is 0.507. The maximum absolute atomic E-state index is 12.9. The third kappa shape index (κ3) is 4.56. The van der Waals surface area contributed by atoms with E-state index in [4.69, 9.17) is 13.9 Å². The van der Waals surface area contributed by atoms with Crippen LogP contribution in [0.15, 0.2) is 21.4 Å². The lowest BCUT2D eigenvalue weighted by Crippen LogP contribution is -2.32. The van der Waals surface area contributed by atoms with Gasteiger partial charge >= 0.3 is 5.63 Å². The molecule has 170 valence electrons. The van der Waals surface area contributed by atoms with Gasteiger partial charge in [0.1, 0.15) is 28.8 Å². The Labute approximate surface area is 185 Å². The summed E-state index contributed by atoms with van der Waals surface area (Å²) < 4.78 is 18.0. The average Bonchev–Trinajstić information content (AvgIpc) is 2.76. The van der Waals surface area contributed by atoms with Crippen molar-refractivity contribution in [2.75, 3.05) is 0 Å². The van der Waals surface area contributed by atoms with E-state index in [0.29, 0.717) is 29.1 Å². The van der Waals surface area contributed by atoms with E-state index in [2.05, 4.69) is 13.8 Å². The van der Waals surface area contributed by atoms with Crippen molar-refractivity contribution in [3.8, 4) is 11.5 Å². The maximum atomic E-state index is 12.9. The van der Waals surface area contributed by atoms with Crippen LogP contribution in [0.2, 0.25) is 0 Å². The van der Waals surface area contributed by atoms with Gasteiger partial charge in [-0.05, 0) is 44.4 Å². The predicted octanol–water partition coefficient (Wildman–Crippen LogP) is 6.73. The van der Waals surface area contributed by atoms with E-state index in [1.807, 2.05) is 53.7 Å². The molecule has 0 saturated carbocycles. The monoisotopic (exact) mass is 428 g/mol. The summed E-state index contributed by atoms with van der Waals surface area (Å²) in [6.45, 7) is 16.0. The molecule has 1 aromatic carbocycles. The molecular formula is C26H36O5. The Kier molecular flexibility index (Phi) is 8.10. The molecule has 5 heteroatoms. The van der Waals surface area contributed by atoms with Gasteiger partial charge in [0.25, 0.3) is 0 Å². The summed E-state index contributed by atoms with van der Waals surface area (Å²) in [5, 5.41) is 0.723. The van der Waals surface area contributed by atoms with Crippen molar-refractivity contribution in [2.45, 2.75) is 92.8 Å². The first-order chi connectivity index (χ1) is 14.9. The summed E-state index contributed by atoms with van der Waals surface area (Å²) in [6.07, 6.45) is 6.38. The van der Waals surface area contributed by atoms with Crippen molar-refractivity contribution < 1.29 is 18.7 Å². The molecule has 0 N–H and O–H groups in total. The summed E-state index contributed by atoms with van der Waals surface area (Å²) in [6, 6.07) is 1.51. The Bertz CT molecular complexity index is 1030. The molecule has 0 aliphatic carbocycles. The molecule has 0 bridgehead atoms. The fourth-order valence-corrected chi connectivity index (χ4v) is 3.86. The largest absolute Gasteiger partial charge is 0.489 e. The molecular weight excluding hydrogens is 392 g/mol. The highest BCUT2D eigenvalue weighted by molar-refractivity contribution is 6.13. The van der Waals surface area contributed by atoms with Crippen LogP contribution in [0.3, 0.4) is 0 Å². The van der Waals surface area contributed by atoms with E-state index >= 15 is 0 Å². The van der Waals surface area contributed by atoms with Gasteiger partial charge < -0.3 is 13.9 Å². The van der Waals surface area contributed by atoms with Crippen LogP contribution in [0, 0.1) is 0 Å². The highest BCUT2D eigenvalue weighted by Gasteiger charge is 2.37.